The molecule has 0 spiro atoms. The Bertz CT molecular complexity index is 465. The van der Waals surface area contributed by atoms with Gasteiger partial charge < -0.3 is 10.5 Å². The maximum Gasteiger partial charge on any atom is 0.0705 e. The van der Waals surface area contributed by atoms with Crippen LogP contribution in [0.5, 0.6) is 0 Å². The van der Waals surface area contributed by atoms with Crippen LogP contribution in [0.4, 0.5) is 0 Å². The summed E-state index contributed by atoms with van der Waals surface area (Å²) >= 11 is 0. The molecule has 0 fully saturated rings. The molecule has 1 heterocycles. The Morgan fingerprint density at radius 3 is 3.00 bits per heavy atom. The van der Waals surface area contributed by atoms with E-state index in [2.05, 4.69) is 4.98 Å². The summed E-state index contributed by atoms with van der Waals surface area (Å²) in [6, 6.07) is 9.90. The molecular weight excluding hydrogens is 200 g/mol. The van der Waals surface area contributed by atoms with Gasteiger partial charge >= 0.3 is 0 Å². The van der Waals surface area contributed by atoms with Crippen LogP contribution >= 0.6 is 0 Å². The van der Waals surface area contributed by atoms with Crippen LogP contribution in [0.25, 0.3) is 10.9 Å². The summed E-state index contributed by atoms with van der Waals surface area (Å²) < 4.78 is 5.35. The predicted octanol–water partition coefficient (Wildman–Crippen LogP) is 2.27. The summed E-state index contributed by atoms with van der Waals surface area (Å²) in [5, 5.41) is 1.11. The first-order chi connectivity index (χ1) is 7.83. The Morgan fingerprint density at radius 2 is 2.19 bits per heavy atom. The van der Waals surface area contributed by atoms with Crippen LogP contribution in [0.1, 0.15) is 18.5 Å². The zero-order valence-electron chi connectivity index (χ0n) is 9.39. The van der Waals surface area contributed by atoms with Crippen molar-refractivity contribution in [2.75, 3.05) is 13.2 Å². The fraction of sp³-hybridized carbons (Fsp3) is 0.308. The first-order valence-electron chi connectivity index (χ1n) is 5.50. The van der Waals surface area contributed by atoms with Crippen molar-refractivity contribution in [3.63, 3.8) is 0 Å². The molecule has 1 aromatic heterocycles. The van der Waals surface area contributed by atoms with Crippen molar-refractivity contribution in [2.24, 2.45) is 5.73 Å². The molecule has 2 aromatic rings. The number of hydrogen-bond donors (Lipinski definition) is 1. The summed E-state index contributed by atoms with van der Waals surface area (Å²) in [5.74, 6) is 0. The van der Waals surface area contributed by atoms with E-state index in [-0.39, 0.29) is 6.04 Å². The van der Waals surface area contributed by atoms with Crippen molar-refractivity contribution < 1.29 is 4.74 Å². The van der Waals surface area contributed by atoms with Gasteiger partial charge in [-0.1, -0.05) is 18.2 Å². The molecule has 0 amide bonds. The molecule has 16 heavy (non-hydrogen) atoms. The topological polar surface area (TPSA) is 48.1 Å². The fourth-order valence-corrected chi connectivity index (χ4v) is 1.79. The summed E-state index contributed by atoms with van der Waals surface area (Å²) in [5.41, 5.74) is 8.17. The van der Waals surface area contributed by atoms with Crippen LogP contribution < -0.4 is 5.73 Å². The maximum atomic E-state index is 6.09. The molecule has 1 unspecified atom stereocenters. The SMILES string of the molecule is CCOCC(N)c1cccc2ncccc12. The highest BCUT2D eigenvalue weighted by atomic mass is 16.5. The number of nitrogens with two attached hydrogens (primary N) is 1. The van der Waals surface area contributed by atoms with E-state index in [9.17, 15) is 0 Å². The van der Waals surface area contributed by atoms with E-state index in [1.54, 1.807) is 6.20 Å². The molecule has 1 atom stereocenters. The lowest BCUT2D eigenvalue weighted by molar-refractivity contribution is 0.134. The largest absolute Gasteiger partial charge is 0.380 e. The molecule has 2 rings (SSSR count). The summed E-state index contributed by atoms with van der Waals surface area (Å²) in [6.07, 6.45) is 1.79. The lowest BCUT2D eigenvalue weighted by atomic mass is 10.0. The maximum absolute atomic E-state index is 6.09. The van der Waals surface area contributed by atoms with Gasteiger partial charge in [-0.15, -0.1) is 0 Å². The molecule has 2 N–H and O–H groups in total. The number of aromatic nitrogens is 1. The average molecular weight is 216 g/mol. The second kappa shape index (κ2) is 5.05. The Hall–Kier alpha value is -1.45. The lowest BCUT2D eigenvalue weighted by Crippen LogP contribution is -2.17. The zero-order chi connectivity index (χ0) is 11.4. The van der Waals surface area contributed by atoms with E-state index in [0.717, 1.165) is 16.5 Å². The molecule has 0 aliphatic rings. The van der Waals surface area contributed by atoms with E-state index in [0.29, 0.717) is 13.2 Å². The number of hydrogen-bond acceptors (Lipinski definition) is 3. The zero-order valence-corrected chi connectivity index (χ0v) is 9.39. The average Bonchev–Trinajstić information content (AvgIpc) is 2.35. The van der Waals surface area contributed by atoms with Gasteiger partial charge in [0.1, 0.15) is 0 Å². The van der Waals surface area contributed by atoms with Crippen LogP contribution in [0.2, 0.25) is 0 Å². The van der Waals surface area contributed by atoms with Gasteiger partial charge in [0.25, 0.3) is 0 Å². The Kier molecular flexibility index (Phi) is 3.49. The highest BCUT2D eigenvalue weighted by Gasteiger charge is 2.09. The number of rotatable bonds is 4. The fourth-order valence-electron chi connectivity index (χ4n) is 1.79. The third-order valence-corrected chi connectivity index (χ3v) is 2.58. The van der Waals surface area contributed by atoms with Crippen LogP contribution in [-0.2, 0) is 4.74 Å². The van der Waals surface area contributed by atoms with Gasteiger partial charge in [0.15, 0.2) is 0 Å². The smallest absolute Gasteiger partial charge is 0.0705 e. The van der Waals surface area contributed by atoms with Gasteiger partial charge in [-0.25, -0.2) is 0 Å². The number of nitrogens with zero attached hydrogens (tertiary/aromatic N) is 1. The minimum absolute atomic E-state index is 0.0900. The third kappa shape index (κ3) is 2.21. The number of fused-ring (bicyclic) bond motifs is 1. The van der Waals surface area contributed by atoms with Gasteiger partial charge in [-0.05, 0) is 24.6 Å². The van der Waals surface area contributed by atoms with Crippen molar-refractivity contribution in [3.05, 3.63) is 42.1 Å². The number of pyridine rings is 1. The van der Waals surface area contributed by atoms with E-state index in [1.165, 1.54) is 0 Å². The van der Waals surface area contributed by atoms with Gasteiger partial charge in [0, 0.05) is 18.2 Å². The van der Waals surface area contributed by atoms with Gasteiger partial charge in [-0.3, -0.25) is 4.98 Å². The Labute approximate surface area is 95.2 Å². The molecule has 1 aromatic carbocycles. The van der Waals surface area contributed by atoms with Gasteiger partial charge in [0.05, 0.1) is 18.2 Å². The quantitative estimate of drug-likeness (QED) is 0.852. The van der Waals surface area contributed by atoms with E-state index in [4.69, 9.17) is 10.5 Å². The summed E-state index contributed by atoms with van der Waals surface area (Å²) in [4.78, 5) is 4.31. The number of benzene rings is 1. The molecule has 0 radical (unpaired) electrons. The molecule has 3 heteroatoms. The van der Waals surface area contributed by atoms with Crippen LogP contribution in [0.3, 0.4) is 0 Å². The molecular formula is C13H16N2O. The second-order valence-corrected chi connectivity index (χ2v) is 3.68. The standard InChI is InChI=1S/C13H16N2O/c1-2-16-9-12(14)10-5-3-7-13-11(10)6-4-8-15-13/h3-8,12H,2,9,14H2,1H3. The molecule has 3 nitrogen and oxygen atoms in total. The van der Waals surface area contributed by atoms with Gasteiger partial charge in [0.2, 0.25) is 0 Å². The monoisotopic (exact) mass is 216 g/mol. The van der Waals surface area contributed by atoms with Crippen LogP contribution in [0.15, 0.2) is 36.5 Å². The van der Waals surface area contributed by atoms with Crippen molar-refractivity contribution in [2.45, 2.75) is 13.0 Å². The third-order valence-electron chi connectivity index (χ3n) is 2.58. The van der Waals surface area contributed by atoms with Crippen LogP contribution in [-0.4, -0.2) is 18.2 Å². The van der Waals surface area contributed by atoms with Crippen molar-refractivity contribution >= 4 is 10.9 Å². The Balaban J connectivity index is 2.36. The molecule has 0 aliphatic heterocycles. The first-order valence-corrected chi connectivity index (χ1v) is 5.50. The normalized spacial score (nSPS) is 12.9. The minimum atomic E-state index is -0.0900. The van der Waals surface area contributed by atoms with Crippen molar-refractivity contribution in [1.82, 2.24) is 4.98 Å². The molecule has 0 aliphatic carbocycles. The van der Waals surface area contributed by atoms with E-state index < -0.39 is 0 Å². The summed E-state index contributed by atoms with van der Waals surface area (Å²) in [7, 11) is 0. The number of ether oxygens (including phenoxy) is 1. The van der Waals surface area contributed by atoms with Crippen molar-refractivity contribution in [3.8, 4) is 0 Å². The molecule has 0 saturated carbocycles. The molecule has 0 bridgehead atoms. The molecule has 0 saturated heterocycles. The van der Waals surface area contributed by atoms with E-state index in [1.807, 2.05) is 37.3 Å². The lowest BCUT2D eigenvalue weighted by Gasteiger charge is -2.14. The van der Waals surface area contributed by atoms with E-state index >= 15 is 0 Å². The van der Waals surface area contributed by atoms with Crippen LogP contribution in [0, 0.1) is 0 Å². The van der Waals surface area contributed by atoms with Gasteiger partial charge in [-0.2, -0.15) is 0 Å². The molecule has 84 valence electrons. The predicted molar refractivity (Wildman–Crippen MR) is 65.2 cm³/mol. The second-order valence-electron chi connectivity index (χ2n) is 3.68. The minimum Gasteiger partial charge on any atom is -0.380 e. The highest BCUT2D eigenvalue weighted by molar-refractivity contribution is 5.82. The highest BCUT2D eigenvalue weighted by Crippen LogP contribution is 2.21. The van der Waals surface area contributed by atoms with Crippen molar-refractivity contribution in [1.29, 1.82) is 0 Å². The Morgan fingerprint density at radius 1 is 1.31 bits per heavy atom. The summed E-state index contributed by atoms with van der Waals surface area (Å²) in [6.45, 7) is 3.21. The first kappa shape index (κ1) is 11.0.